The molecule has 0 atom stereocenters. The van der Waals surface area contributed by atoms with E-state index in [4.69, 9.17) is 9.63 Å². The van der Waals surface area contributed by atoms with Gasteiger partial charge < -0.3 is 14.9 Å². The lowest BCUT2D eigenvalue weighted by atomic mass is 9.69. The van der Waals surface area contributed by atoms with Gasteiger partial charge in [0, 0.05) is 17.1 Å². The van der Waals surface area contributed by atoms with Gasteiger partial charge in [-0.15, -0.1) is 0 Å². The number of amides is 1. The summed E-state index contributed by atoms with van der Waals surface area (Å²) in [5, 5.41) is 16.8. The molecule has 3 aromatic carbocycles. The Kier molecular flexibility index (Phi) is 6.67. The van der Waals surface area contributed by atoms with Crippen molar-refractivity contribution in [1.29, 1.82) is 0 Å². The molecule has 2 N–H and O–H groups in total. The quantitative estimate of drug-likeness (QED) is 0.286. The molecule has 182 valence electrons. The van der Waals surface area contributed by atoms with Gasteiger partial charge in [-0.25, -0.2) is 4.79 Å². The van der Waals surface area contributed by atoms with Gasteiger partial charge in [-0.1, -0.05) is 66.9 Å². The van der Waals surface area contributed by atoms with Gasteiger partial charge in [0.15, 0.2) is 5.58 Å². The van der Waals surface area contributed by atoms with E-state index in [0.717, 1.165) is 71.4 Å². The Morgan fingerprint density at radius 3 is 2.53 bits per heavy atom. The van der Waals surface area contributed by atoms with E-state index in [1.165, 1.54) is 6.08 Å². The molecule has 0 unspecified atom stereocenters. The van der Waals surface area contributed by atoms with Crippen molar-refractivity contribution in [2.24, 2.45) is 5.41 Å². The van der Waals surface area contributed by atoms with Crippen LogP contribution in [0.4, 0.5) is 5.69 Å². The monoisotopic (exact) mass is 480 g/mol. The molecule has 1 aliphatic carbocycles. The van der Waals surface area contributed by atoms with Gasteiger partial charge in [0.2, 0.25) is 5.91 Å². The molecule has 1 heterocycles. The number of nitrogens with one attached hydrogen (secondary N) is 1. The fraction of sp³-hybridized carbons (Fsp3) is 0.233. The Hall–Kier alpha value is -4.19. The number of carboxylic acid groups (broad SMARTS) is 1. The fourth-order valence-electron chi connectivity index (χ4n) is 5.11. The summed E-state index contributed by atoms with van der Waals surface area (Å²) >= 11 is 0. The standard InChI is InChI=1S/C30H28N2O4/c33-28(34)14-9-21-5-4-6-26(17-21)32-29(35)30(15-2-1-3-16-30)19-22-7-10-23(11-8-22)24-12-13-25-20-31-36-27(25)18-24/h4-14,17-18,20H,1-3,15-16,19H2,(H,32,35)(H,33,34)/b14-9+. The van der Waals surface area contributed by atoms with Crippen molar-refractivity contribution in [2.75, 3.05) is 5.32 Å². The SMILES string of the molecule is O=C(O)/C=C/c1cccc(NC(=O)C2(Cc3ccc(-c4ccc5cnoc5c4)cc3)CCCCC2)c1. The first kappa shape index (κ1) is 23.5. The van der Waals surface area contributed by atoms with Crippen LogP contribution in [-0.4, -0.2) is 22.1 Å². The summed E-state index contributed by atoms with van der Waals surface area (Å²) in [7, 11) is 0. The smallest absolute Gasteiger partial charge is 0.328 e. The molecule has 1 fully saturated rings. The normalized spacial score (nSPS) is 15.2. The summed E-state index contributed by atoms with van der Waals surface area (Å²) in [6, 6.07) is 21.7. The summed E-state index contributed by atoms with van der Waals surface area (Å²) in [5.41, 5.74) is 4.98. The van der Waals surface area contributed by atoms with E-state index in [1.807, 2.05) is 30.3 Å². The average Bonchev–Trinajstić information content (AvgIpc) is 3.37. The molecule has 0 spiro atoms. The van der Waals surface area contributed by atoms with Gasteiger partial charge in [-0.3, -0.25) is 4.79 Å². The van der Waals surface area contributed by atoms with Crippen molar-refractivity contribution >= 4 is 34.6 Å². The van der Waals surface area contributed by atoms with Gasteiger partial charge in [0.25, 0.3) is 0 Å². The van der Waals surface area contributed by atoms with E-state index in [9.17, 15) is 9.59 Å². The van der Waals surface area contributed by atoms with Crippen LogP contribution in [0.1, 0.15) is 43.2 Å². The van der Waals surface area contributed by atoms with Gasteiger partial charge in [-0.05, 0) is 71.9 Å². The lowest BCUT2D eigenvalue weighted by Crippen LogP contribution is -2.40. The molecule has 1 aliphatic rings. The first-order valence-electron chi connectivity index (χ1n) is 12.3. The molecule has 1 aromatic heterocycles. The van der Waals surface area contributed by atoms with E-state index in [-0.39, 0.29) is 5.91 Å². The molecule has 6 heteroatoms. The number of rotatable bonds is 7. The molecule has 1 amide bonds. The van der Waals surface area contributed by atoms with Gasteiger partial charge in [-0.2, -0.15) is 0 Å². The number of carbonyl (C=O) groups excluding carboxylic acids is 1. The number of anilines is 1. The molecule has 0 aliphatic heterocycles. The number of aromatic nitrogens is 1. The van der Waals surface area contributed by atoms with Gasteiger partial charge in [0.05, 0.1) is 11.6 Å². The Balaban J connectivity index is 1.34. The molecule has 0 saturated heterocycles. The first-order chi connectivity index (χ1) is 17.5. The molecule has 0 radical (unpaired) electrons. The van der Waals surface area contributed by atoms with Crippen LogP contribution in [0.5, 0.6) is 0 Å². The first-order valence-corrected chi connectivity index (χ1v) is 12.3. The zero-order valence-corrected chi connectivity index (χ0v) is 19.9. The highest BCUT2D eigenvalue weighted by atomic mass is 16.5. The highest BCUT2D eigenvalue weighted by Gasteiger charge is 2.39. The van der Waals surface area contributed by atoms with Crippen molar-refractivity contribution in [3.05, 3.63) is 90.1 Å². The summed E-state index contributed by atoms with van der Waals surface area (Å²) in [6.45, 7) is 0. The number of carbonyl (C=O) groups is 2. The molecule has 36 heavy (non-hydrogen) atoms. The number of aliphatic carboxylic acids is 1. The maximum absolute atomic E-state index is 13.6. The molecular formula is C30H28N2O4. The minimum Gasteiger partial charge on any atom is -0.478 e. The number of hydrogen-bond donors (Lipinski definition) is 2. The van der Waals surface area contributed by atoms with Crippen molar-refractivity contribution in [3.8, 4) is 11.1 Å². The van der Waals surface area contributed by atoms with E-state index in [2.05, 4.69) is 40.8 Å². The Morgan fingerprint density at radius 1 is 0.972 bits per heavy atom. The van der Waals surface area contributed by atoms with Crippen molar-refractivity contribution < 1.29 is 19.2 Å². The zero-order valence-electron chi connectivity index (χ0n) is 19.9. The highest BCUT2D eigenvalue weighted by Crippen LogP contribution is 2.41. The maximum atomic E-state index is 13.6. The minimum atomic E-state index is -1.00. The van der Waals surface area contributed by atoms with Crippen LogP contribution in [0, 0.1) is 5.41 Å². The van der Waals surface area contributed by atoms with Crippen molar-refractivity contribution in [3.63, 3.8) is 0 Å². The summed E-state index contributed by atoms with van der Waals surface area (Å²) in [4.78, 5) is 24.5. The third-order valence-electron chi connectivity index (χ3n) is 7.04. The van der Waals surface area contributed by atoms with Crippen LogP contribution in [0.2, 0.25) is 0 Å². The number of nitrogens with zero attached hydrogens (tertiary/aromatic N) is 1. The molecular weight excluding hydrogens is 452 g/mol. The Labute approximate surface area is 209 Å². The van der Waals surface area contributed by atoms with Crippen LogP contribution in [-0.2, 0) is 16.0 Å². The largest absolute Gasteiger partial charge is 0.478 e. The van der Waals surface area contributed by atoms with E-state index < -0.39 is 11.4 Å². The Morgan fingerprint density at radius 2 is 1.75 bits per heavy atom. The fourth-order valence-corrected chi connectivity index (χ4v) is 5.11. The second-order valence-corrected chi connectivity index (χ2v) is 9.54. The maximum Gasteiger partial charge on any atom is 0.328 e. The molecule has 5 rings (SSSR count). The summed E-state index contributed by atoms with van der Waals surface area (Å²) in [6.07, 6.45) is 9.91. The second kappa shape index (κ2) is 10.2. The van der Waals surface area contributed by atoms with E-state index >= 15 is 0 Å². The third-order valence-corrected chi connectivity index (χ3v) is 7.04. The predicted octanol–water partition coefficient (Wildman–Crippen LogP) is 6.72. The van der Waals surface area contributed by atoms with Crippen molar-refractivity contribution in [1.82, 2.24) is 5.16 Å². The minimum absolute atomic E-state index is 0.0291. The number of carboxylic acids is 1. The van der Waals surface area contributed by atoms with Gasteiger partial charge in [0.1, 0.15) is 0 Å². The van der Waals surface area contributed by atoms with Crippen LogP contribution in [0.3, 0.4) is 0 Å². The van der Waals surface area contributed by atoms with Crippen LogP contribution in [0.15, 0.2) is 83.5 Å². The summed E-state index contributed by atoms with van der Waals surface area (Å²) in [5.74, 6) is -0.975. The average molecular weight is 481 g/mol. The molecule has 4 aromatic rings. The van der Waals surface area contributed by atoms with Gasteiger partial charge >= 0.3 is 5.97 Å². The second-order valence-electron chi connectivity index (χ2n) is 9.54. The van der Waals surface area contributed by atoms with E-state index in [0.29, 0.717) is 12.1 Å². The molecule has 6 nitrogen and oxygen atoms in total. The number of benzene rings is 3. The van der Waals surface area contributed by atoms with Crippen LogP contribution >= 0.6 is 0 Å². The summed E-state index contributed by atoms with van der Waals surface area (Å²) < 4.78 is 5.30. The molecule has 1 saturated carbocycles. The number of hydrogen-bond acceptors (Lipinski definition) is 4. The third kappa shape index (κ3) is 5.23. The van der Waals surface area contributed by atoms with E-state index in [1.54, 1.807) is 12.3 Å². The highest BCUT2D eigenvalue weighted by molar-refractivity contribution is 5.96. The Bertz CT molecular complexity index is 1410. The molecule has 0 bridgehead atoms. The lowest BCUT2D eigenvalue weighted by molar-refractivity contribution is -0.131. The lowest BCUT2D eigenvalue weighted by Gasteiger charge is -2.36. The van der Waals surface area contributed by atoms with Crippen LogP contribution < -0.4 is 5.32 Å². The van der Waals surface area contributed by atoms with Crippen LogP contribution in [0.25, 0.3) is 28.2 Å². The predicted molar refractivity (Wildman–Crippen MR) is 140 cm³/mol. The number of fused-ring (bicyclic) bond motifs is 1. The zero-order chi connectivity index (χ0) is 25.0. The van der Waals surface area contributed by atoms with Crippen molar-refractivity contribution in [2.45, 2.75) is 38.5 Å². The topological polar surface area (TPSA) is 92.4 Å².